The van der Waals surface area contributed by atoms with Gasteiger partial charge in [0, 0.05) is 30.3 Å². The van der Waals surface area contributed by atoms with Gasteiger partial charge in [-0.3, -0.25) is 9.59 Å². The Hall–Kier alpha value is -2.13. The lowest BCUT2D eigenvalue weighted by atomic mass is 9.84. The Bertz CT molecular complexity index is 697. The summed E-state index contributed by atoms with van der Waals surface area (Å²) in [6.45, 7) is 0.599. The van der Waals surface area contributed by atoms with Gasteiger partial charge in [-0.2, -0.15) is 0 Å². The SMILES string of the molecule is O=C(Cc1ccc(Cl)cc1)C[C@H]1C(=O)NC[C@@H]1c1ccccc1. The Kier molecular flexibility index (Phi) is 4.77. The van der Waals surface area contributed by atoms with Crippen LogP contribution in [0, 0.1) is 5.92 Å². The number of ketones is 1. The molecule has 23 heavy (non-hydrogen) atoms. The Morgan fingerprint density at radius 1 is 1.09 bits per heavy atom. The van der Waals surface area contributed by atoms with E-state index in [0.717, 1.165) is 11.1 Å². The first-order chi connectivity index (χ1) is 11.1. The maximum Gasteiger partial charge on any atom is 0.224 e. The monoisotopic (exact) mass is 327 g/mol. The van der Waals surface area contributed by atoms with Crippen molar-refractivity contribution in [3.8, 4) is 0 Å². The summed E-state index contributed by atoms with van der Waals surface area (Å²) >= 11 is 5.85. The molecule has 2 aromatic carbocycles. The number of amides is 1. The van der Waals surface area contributed by atoms with Crippen LogP contribution in [0.1, 0.15) is 23.5 Å². The molecule has 0 radical (unpaired) electrons. The van der Waals surface area contributed by atoms with Crippen molar-refractivity contribution in [3.63, 3.8) is 0 Å². The van der Waals surface area contributed by atoms with Crippen LogP contribution in [-0.4, -0.2) is 18.2 Å². The van der Waals surface area contributed by atoms with Crippen molar-refractivity contribution >= 4 is 23.3 Å². The van der Waals surface area contributed by atoms with Crippen LogP contribution in [0.25, 0.3) is 0 Å². The van der Waals surface area contributed by atoms with Crippen molar-refractivity contribution in [3.05, 3.63) is 70.7 Å². The number of Topliss-reactive ketones (excluding diaryl/α,β-unsaturated/α-hetero) is 1. The van der Waals surface area contributed by atoms with Crippen molar-refractivity contribution in [1.29, 1.82) is 0 Å². The zero-order valence-corrected chi connectivity index (χ0v) is 13.4. The van der Waals surface area contributed by atoms with Crippen LogP contribution in [0.3, 0.4) is 0 Å². The van der Waals surface area contributed by atoms with E-state index < -0.39 is 0 Å². The van der Waals surface area contributed by atoms with Gasteiger partial charge in [0.25, 0.3) is 0 Å². The Labute approximate surface area is 140 Å². The summed E-state index contributed by atoms with van der Waals surface area (Å²) < 4.78 is 0. The van der Waals surface area contributed by atoms with Gasteiger partial charge in [0.15, 0.2) is 0 Å². The van der Waals surface area contributed by atoms with Crippen molar-refractivity contribution < 1.29 is 9.59 Å². The van der Waals surface area contributed by atoms with Gasteiger partial charge in [0.2, 0.25) is 5.91 Å². The minimum absolute atomic E-state index is 0.0247. The smallest absolute Gasteiger partial charge is 0.224 e. The first-order valence-corrected chi connectivity index (χ1v) is 8.10. The number of rotatable bonds is 5. The summed E-state index contributed by atoms with van der Waals surface area (Å²) in [5.74, 6) is -0.159. The van der Waals surface area contributed by atoms with Gasteiger partial charge >= 0.3 is 0 Å². The summed E-state index contributed by atoms with van der Waals surface area (Å²) in [5, 5.41) is 3.54. The molecule has 0 saturated carbocycles. The Balaban J connectivity index is 1.68. The number of hydrogen-bond donors (Lipinski definition) is 1. The van der Waals surface area contributed by atoms with E-state index in [1.54, 1.807) is 12.1 Å². The van der Waals surface area contributed by atoms with Gasteiger partial charge in [-0.1, -0.05) is 54.1 Å². The van der Waals surface area contributed by atoms with E-state index in [9.17, 15) is 9.59 Å². The summed E-state index contributed by atoms with van der Waals surface area (Å²) in [6, 6.07) is 17.2. The van der Waals surface area contributed by atoms with Crippen molar-refractivity contribution in [2.75, 3.05) is 6.54 Å². The van der Waals surface area contributed by atoms with Crippen molar-refractivity contribution in [1.82, 2.24) is 5.32 Å². The van der Waals surface area contributed by atoms with E-state index in [2.05, 4.69) is 5.32 Å². The molecule has 0 spiro atoms. The third kappa shape index (κ3) is 3.80. The minimum atomic E-state index is -0.280. The molecule has 1 N–H and O–H groups in total. The fourth-order valence-corrected chi connectivity index (χ4v) is 3.23. The first kappa shape index (κ1) is 15.8. The fraction of sp³-hybridized carbons (Fsp3) is 0.263. The molecule has 1 aliphatic heterocycles. The van der Waals surface area contributed by atoms with Crippen LogP contribution < -0.4 is 5.32 Å². The van der Waals surface area contributed by atoms with Crippen molar-refractivity contribution in [2.24, 2.45) is 5.92 Å². The molecule has 1 aliphatic rings. The molecule has 4 heteroatoms. The zero-order valence-electron chi connectivity index (χ0n) is 12.7. The van der Waals surface area contributed by atoms with E-state index in [-0.39, 0.29) is 29.9 Å². The van der Waals surface area contributed by atoms with Gasteiger partial charge in [-0.05, 0) is 23.3 Å². The quantitative estimate of drug-likeness (QED) is 0.915. The number of carbonyl (C=O) groups excluding carboxylic acids is 2. The molecule has 0 unspecified atom stereocenters. The number of carbonyl (C=O) groups is 2. The molecule has 1 amide bonds. The second-order valence-electron chi connectivity index (χ2n) is 5.91. The molecule has 1 heterocycles. The molecular formula is C19H18ClNO2. The normalized spacial score (nSPS) is 20.3. The van der Waals surface area contributed by atoms with Crippen LogP contribution in [0.4, 0.5) is 0 Å². The van der Waals surface area contributed by atoms with Crippen LogP contribution in [0.5, 0.6) is 0 Å². The molecule has 2 atom stereocenters. The lowest BCUT2D eigenvalue weighted by Crippen LogP contribution is -2.23. The topological polar surface area (TPSA) is 46.2 Å². The highest BCUT2D eigenvalue weighted by Crippen LogP contribution is 2.31. The van der Waals surface area contributed by atoms with Crippen LogP contribution in [0.15, 0.2) is 54.6 Å². The third-order valence-electron chi connectivity index (χ3n) is 4.31. The highest BCUT2D eigenvalue weighted by Gasteiger charge is 2.36. The van der Waals surface area contributed by atoms with E-state index >= 15 is 0 Å². The number of hydrogen-bond acceptors (Lipinski definition) is 2. The minimum Gasteiger partial charge on any atom is -0.355 e. The van der Waals surface area contributed by atoms with E-state index in [1.165, 1.54) is 0 Å². The molecular weight excluding hydrogens is 310 g/mol. The van der Waals surface area contributed by atoms with Gasteiger partial charge in [-0.15, -0.1) is 0 Å². The standard InChI is InChI=1S/C19H18ClNO2/c20-15-8-6-13(7-9-15)10-16(22)11-17-18(12-21-19(17)23)14-4-2-1-3-5-14/h1-9,17-18H,10-12H2,(H,21,23)/t17-,18-/m1/s1. The van der Waals surface area contributed by atoms with Gasteiger partial charge in [0.1, 0.15) is 5.78 Å². The molecule has 1 saturated heterocycles. The van der Waals surface area contributed by atoms with Crippen LogP contribution in [0.2, 0.25) is 5.02 Å². The lowest BCUT2D eigenvalue weighted by molar-refractivity contribution is -0.127. The summed E-state index contributed by atoms with van der Waals surface area (Å²) in [5.41, 5.74) is 2.03. The zero-order chi connectivity index (χ0) is 16.2. The Morgan fingerprint density at radius 2 is 1.78 bits per heavy atom. The second-order valence-corrected chi connectivity index (χ2v) is 6.35. The predicted octanol–water partition coefficient (Wildman–Crippen LogP) is 3.37. The molecule has 0 aromatic heterocycles. The number of nitrogens with one attached hydrogen (secondary N) is 1. The van der Waals surface area contributed by atoms with Crippen LogP contribution >= 0.6 is 11.6 Å². The average Bonchev–Trinajstić information content (AvgIpc) is 2.91. The van der Waals surface area contributed by atoms with E-state index in [1.807, 2.05) is 42.5 Å². The molecule has 3 rings (SSSR count). The van der Waals surface area contributed by atoms with E-state index in [4.69, 9.17) is 11.6 Å². The predicted molar refractivity (Wildman–Crippen MR) is 90.5 cm³/mol. The average molecular weight is 328 g/mol. The maximum atomic E-state index is 12.4. The van der Waals surface area contributed by atoms with Crippen LogP contribution in [-0.2, 0) is 16.0 Å². The fourth-order valence-electron chi connectivity index (χ4n) is 3.10. The lowest BCUT2D eigenvalue weighted by Gasteiger charge is -2.16. The van der Waals surface area contributed by atoms with Crippen molar-refractivity contribution in [2.45, 2.75) is 18.8 Å². The molecule has 2 aromatic rings. The first-order valence-electron chi connectivity index (χ1n) is 7.72. The second kappa shape index (κ2) is 6.97. The van der Waals surface area contributed by atoms with Gasteiger partial charge in [0.05, 0.1) is 5.92 Å². The highest BCUT2D eigenvalue weighted by molar-refractivity contribution is 6.30. The molecule has 0 bridgehead atoms. The summed E-state index contributed by atoms with van der Waals surface area (Å²) in [4.78, 5) is 24.5. The third-order valence-corrected chi connectivity index (χ3v) is 4.56. The molecule has 3 nitrogen and oxygen atoms in total. The summed E-state index contributed by atoms with van der Waals surface area (Å²) in [6.07, 6.45) is 0.608. The Morgan fingerprint density at radius 3 is 2.48 bits per heavy atom. The largest absolute Gasteiger partial charge is 0.355 e. The summed E-state index contributed by atoms with van der Waals surface area (Å²) in [7, 11) is 0. The molecule has 0 aliphatic carbocycles. The van der Waals surface area contributed by atoms with E-state index in [0.29, 0.717) is 18.0 Å². The maximum absolute atomic E-state index is 12.4. The number of benzene rings is 2. The highest BCUT2D eigenvalue weighted by atomic mass is 35.5. The van der Waals surface area contributed by atoms with Gasteiger partial charge < -0.3 is 5.32 Å². The molecule has 118 valence electrons. The molecule has 1 fully saturated rings. The van der Waals surface area contributed by atoms with Gasteiger partial charge in [-0.25, -0.2) is 0 Å². The number of halogens is 1.